The van der Waals surface area contributed by atoms with Crippen molar-refractivity contribution in [2.24, 2.45) is 5.84 Å². The van der Waals surface area contributed by atoms with Gasteiger partial charge in [-0.15, -0.1) is 0 Å². The van der Waals surface area contributed by atoms with Crippen molar-refractivity contribution >= 4 is 11.7 Å². The maximum absolute atomic E-state index is 12.0. The van der Waals surface area contributed by atoms with Gasteiger partial charge in [0.15, 0.2) is 5.82 Å². The van der Waals surface area contributed by atoms with Gasteiger partial charge in [-0.1, -0.05) is 0 Å². The number of likely N-dealkylation sites (N-methyl/N-ethyl adjacent to an activating group) is 1. The summed E-state index contributed by atoms with van der Waals surface area (Å²) < 4.78 is 0. The molecule has 6 nitrogen and oxygen atoms in total. The number of hydrazine groups is 1. The van der Waals surface area contributed by atoms with Crippen molar-refractivity contribution in [2.45, 2.75) is 6.92 Å². The van der Waals surface area contributed by atoms with Crippen LogP contribution in [-0.4, -0.2) is 40.6 Å². The number of nitrogens with two attached hydrogens (primary N) is 1. The molecule has 0 unspecified atom stereocenters. The van der Waals surface area contributed by atoms with Gasteiger partial charge in [-0.25, -0.2) is 10.8 Å². The molecule has 0 bridgehead atoms. The number of amides is 1. The second-order valence-electron chi connectivity index (χ2n) is 3.15. The second-order valence-corrected chi connectivity index (χ2v) is 3.15. The molecule has 0 aromatic carbocycles. The highest BCUT2D eigenvalue weighted by Crippen LogP contribution is 2.12. The molecule has 16 heavy (non-hydrogen) atoms. The van der Waals surface area contributed by atoms with E-state index in [0.717, 1.165) is 0 Å². The van der Waals surface area contributed by atoms with Crippen LogP contribution in [0.4, 0.5) is 5.82 Å². The molecule has 0 aliphatic heterocycles. The van der Waals surface area contributed by atoms with E-state index in [1.165, 1.54) is 4.90 Å². The van der Waals surface area contributed by atoms with Crippen LogP contribution in [0.2, 0.25) is 0 Å². The molecule has 0 saturated heterocycles. The average molecular weight is 224 g/mol. The van der Waals surface area contributed by atoms with Crippen molar-refractivity contribution in [3.05, 3.63) is 23.9 Å². The van der Waals surface area contributed by atoms with Gasteiger partial charge in [0.2, 0.25) is 0 Å². The van der Waals surface area contributed by atoms with Gasteiger partial charge in [-0.3, -0.25) is 4.79 Å². The summed E-state index contributed by atoms with van der Waals surface area (Å²) in [7, 11) is 0. The first-order valence-corrected chi connectivity index (χ1v) is 5.06. The highest BCUT2D eigenvalue weighted by molar-refractivity contribution is 5.98. The lowest BCUT2D eigenvalue weighted by molar-refractivity contribution is 0.0732. The lowest BCUT2D eigenvalue weighted by Gasteiger charge is -2.20. The van der Waals surface area contributed by atoms with Gasteiger partial charge >= 0.3 is 0 Å². The van der Waals surface area contributed by atoms with Crippen molar-refractivity contribution in [3.63, 3.8) is 0 Å². The van der Waals surface area contributed by atoms with Gasteiger partial charge in [-0.2, -0.15) is 0 Å². The van der Waals surface area contributed by atoms with Crippen LogP contribution in [-0.2, 0) is 0 Å². The zero-order valence-electron chi connectivity index (χ0n) is 9.18. The van der Waals surface area contributed by atoms with Gasteiger partial charge in [0.25, 0.3) is 5.91 Å². The number of aliphatic hydroxyl groups is 1. The quantitative estimate of drug-likeness (QED) is 0.477. The Morgan fingerprint density at radius 2 is 2.44 bits per heavy atom. The Bertz CT molecular complexity index is 356. The van der Waals surface area contributed by atoms with Crippen LogP contribution in [0, 0.1) is 0 Å². The molecule has 0 saturated carbocycles. The summed E-state index contributed by atoms with van der Waals surface area (Å²) in [6, 6.07) is 3.31. The number of hydrogen-bond acceptors (Lipinski definition) is 5. The molecule has 1 aromatic rings. The van der Waals surface area contributed by atoms with E-state index >= 15 is 0 Å². The fourth-order valence-electron chi connectivity index (χ4n) is 1.39. The Kier molecular flexibility index (Phi) is 4.68. The first-order chi connectivity index (χ1) is 7.74. The zero-order chi connectivity index (χ0) is 12.0. The van der Waals surface area contributed by atoms with Crippen molar-refractivity contribution in [2.75, 3.05) is 25.1 Å². The predicted octanol–water partition coefficient (Wildman–Crippen LogP) is -0.178. The predicted molar refractivity (Wildman–Crippen MR) is 60.7 cm³/mol. The lowest BCUT2D eigenvalue weighted by Crippen LogP contribution is -2.34. The number of nitrogen functional groups attached to an aromatic ring is 1. The molecule has 0 atom stereocenters. The van der Waals surface area contributed by atoms with E-state index < -0.39 is 0 Å². The first-order valence-electron chi connectivity index (χ1n) is 5.06. The maximum Gasteiger partial charge on any atom is 0.257 e. The Labute approximate surface area is 94.1 Å². The summed E-state index contributed by atoms with van der Waals surface area (Å²) in [6.45, 7) is 2.61. The molecule has 4 N–H and O–H groups in total. The van der Waals surface area contributed by atoms with Gasteiger partial charge in [-0.05, 0) is 19.1 Å². The molecule has 1 rings (SSSR count). The molecule has 88 valence electrons. The largest absolute Gasteiger partial charge is 0.395 e. The van der Waals surface area contributed by atoms with Crippen molar-refractivity contribution in [1.29, 1.82) is 0 Å². The third-order valence-corrected chi connectivity index (χ3v) is 2.21. The summed E-state index contributed by atoms with van der Waals surface area (Å²) in [6.07, 6.45) is 1.55. The van der Waals surface area contributed by atoms with Crippen LogP contribution >= 0.6 is 0 Å². The van der Waals surface area contributed by atoms with Gasteiger partial charge in [0, 0.05) is 19.3 Å². The van der Waals surface area contributed by atoms with Crippen molar-refractivity contribution in [1.82, 2.24) is 9.88 Å². The van der Waals surface area contributed by atoms with Crippen molar-refractivity contribution < 1.29 is 9.90 Å². The Morgan fingerprint density at radius 3 is 3.00 bits per heavy atom. The molecule has 0 spiro atoms. The van der Waals surface area contributed by atoms with E-state index in [2.05, 4.69) is 10.4 Å². The topological polar surface area (TPSA) is 91.5 Å². The summed E-state index contributed by atoms with van der Waals surface area (Å²) in [4.78, 5) is 17.5. The van der Waals surface area contributed by atoms with E-state index in [1.807, 2.05) is 6.92 Å². The SMILES string of the molecule is CCN(CCO)C(=O)c1cccnc1NN. The van der Waals surface area contributed by atoms with Crippen LogP contribution in [0.25, 0.3) is 0 Å². The maximum atomic E-state index is 12.0. The number of aliphatic hydroxyl groups excluding tert-OH is 1. The third kappa shape index (κ3) is 2.68. The number of anilines is 1. The minimum Gasteiger partial charge on any atom is -0.395 e. The second kappa shape index (κ2) is 6.04. The number of pyridine rings is 1. The minimum atomic E-state index is -0.197. The van der Waals surface area contributed by atoms with Gasteiger partial charge in [0.1, 0.15) is 0 Å². The summed E-state index contributed by atoms with van der Waals surface area (Å²) in [5.74, 6) is 5.41. The van der Waals surface area contributed by atoms with E-state index in [9.17, 15) is 4.79 Å². The number of rotatable bonds is 5. The molecule has 0 aliphatic rings. The lowest BCUT2D eigenvalue weighted by atomic mass is 10.2. The minimum absolute atomic E-state index is 0.0643. The highest BCUT2D eigenvalue weighted by Gasteiger charge is 2.17. The molecule has 0 aliphatic carbocycles. The van der Waals surface area contributed by atoms with E-state index in [-0.39, 0.29) is 12.5 Å². The molecule has 0 fully saturated rings. The fraction of sp³-hybridized carbons (Fsp3) is 0.400. The van der Waals surface area contributed by atoms with Crippen LogP contribution in [0.3, 0.4) is 0 Å². The van der Waals surface area contributed by atoms with Crippen molar-refractivity contribution in [3.8, 4) is 0 Å². The van der Waals surface area contributed by atoms with Crippen LogP contribution in [0.15, 0.2) is 18.3 Å². The van der Waals surface area contributed by atoms with Crippen LogP contribution in [0.1, 0.15) is 17.3 Å². The Morgan fingerprint density at radius 1 is 1.69 bits per heavy atom. The normalized spacial score (nSPS) is 9.94. The number of nitrogens with one attached hydrogen (secondary N) is 1. The zero-order valence-corrected chi connectivity index (χ0v) is 9.18. The van der Waals surface area contributed by atoms with Crippen LogP contribution < -0.4 is 11.3 Å². The van der Waals surface area contributed by atoms with E-state index in [4.69, 9.17) is 10.9 Å². The molecule has 1 aromatic heterocycles. The Hall–Kier alpha value is -1.66. The van der Waals surface area contributed by atoms with Crippen LogP contribution in [0.5, 0.6) is 0 Å². The number of hydrogen-bond donors (Lipinski definition) is 3. The first kappa shape index (κ1) is 12.4. The molecule has 1 amide bonds. The smallest absolute Gasteiger partial charge is 0.257 e. The van der Waals surface area contributed by atoms with E-state index in [0.29, 0.717) is 24.5 Å². The van der Waals surface area contributed by atoms with Gasteiger partial charge in [0.05, 0.1) is 12.2 Å². The molecule has 6 heteroatoms. The fourth-order valence-corrected chi connectivity index (χ4v) is 1.39. The number of carbonyl (C=O) groups is 1. The summed E-state index contributed by atoms with van der Waals surface area (Å²) in [5, 5.41) is 8.84. The highest BCUT2D eigenvalue weighted by atomic mass is 16.3. The standard InChI is InChI=1S/C10H16N4O2/c1-2-14(6-7-15)10(16)8-4-3-5-12-9(8)13-11/h3-5,15H,2,6-7,11H2,1H3,(H,12,13). The summed E-state index contributed by atoms with van der Waals surface area (Å²) >= 11 is 0. The molecular weight excluding hydrogens is 208 g/mol. The molecular formula is C10H16N4O2. The Balaban J connectivity index is 2.93. The summed E-state index contributed by atoms with van der Waals surface area (Å²) in [5.41, 5.74) is 2.78. The molecule has 0 radical (unpaired) electrons. The van der Waals surface area contributed by atoms with E-state index in [1.54, 1.807) is 18.3 Å². The third-order valence-electron chi connectivity index (χ3n) is 2.21. The average Bonchev–Trinajstić information content (AvgIpc) is 2.35. The number of aromatic nitrogens is 1. The monoisotopic (exact) mass is 224 g/mol. The number of carbonyl (C=O) groups excluding carboxylic acids is 1. The van der Waals surface area contributed by atoms with Gasteiger partial charge < -0.3 is 15.4 Å². The molecule has 1 heterocycles. The number of nitrogens with zero attached hydrogens (tertiary/aromatic N) is 2.